The molecule has 1 aromatic heterocycles. The lowest BCUT2D eigenvalue weighted by atomic mass is 10.3. The van der Waals surface area contributed by atoms with Crippen LogP contribution < -0.4 is 9.64 Å². The van der Waals surface area contributed by atoms with Gasteiger partial charge in [0.15, 0.2) is 11.4 Å². The summed E-state index contributed by atoms with van der Waals surface area (Å²) in [4.78, 5) is 33.1. The van der Waals surface area contributed by atoms with Crippen molar-refractivity contribution < 1.29 is 14.3 Å². The van der Waals surface area contributed by atoms with Crippen molar-refractivity contribution in [2.24, 2.45) is 0 Å². The number of fused-ring (bicyclic) bond motifs is 1. The van der Waals surface area contributed by atoms with E-state index in [9.17, 15) is 9.59 Å². The van der Waals surface area contributed by atoms with E-state index in [1.165, 1.54) is 12.4 Å². The van der Waals surface area contributed by atoms with Crippen LogP contribution in [0.4, 0.5) is 5.69 Å². The van der Waals surface area contributed by atoms with E-state index < -0.39 is 11.8 Å². The first kappa shape index (κ1) is 11.3. The molecule has 0 aliphatic carbocycles. The third-order valence-corrected chi connectivity index (χ3v) is 2.84. The van der Waals surface area contributed by atoms with Gasteiger partial charge in [0.25, 0.3) is 11.8 Å². The van der Waals surface area contributed by atoms with Crippen molar-refractivity contribution in [1.82, 2.24) is 9.97 Å². The number of hydrogen-bond acceptors (Lipinski definition) is 5. The number of nitrogens with zero attached hydrogens (tertiary/aromatic N) is 3. The maximum absolute atomic E-state index is 12.1. The van der Waals surface area contributed by atoms with Crippen LogP contribution in [0.5, 0.6) is 5.75 Å². The maximum atomic E-state index is 12.1. The van der Waals surface area contributed by atoms with Gasteiger partial charge in [-0.2, -0.15) is 0 Å². The predicted octanol–water partition coefficient (Wildman–Crippen LogP) is 1.29. The van der Waals surface area contributed by atoms with Crippen LogP contribution in [0.25, 0.3) is 0 Å². The number of carbonyl (C=O) groups is 2. The van der Waals surface area contributed by atoms with E-state index >= 15 is 0 Å². The van der Waals surface area contributed by atoms with Gasteiger partial charge in [-0.3, -0.25) is 9.59 Å². The fourth-order valence-corrected chi connectivity index (χ4v) is 1.92. The van der Waals surface area contributed by atoms with Crippen LogP contribution >= 0.6 is 0 Å². The van der Waals surface area contributed by atoms with E-state index in [1.807, 2.05) is 0 Å². The summed E-state index contributed by atoms with van der Waals surface area (Å²) in [6.07, 6.45) is 2.78. The molecule has 0 N–H and O–H groups in total. The average Bonchev–Trinajstić information content (AvgIpc) is 2.72. The first-order valence-electron chi connectivity index (χ1n) is 5.56. The van der Waals surface area contributed by atoms with Crippen molar-refractivity contribution in [2.75, 3.05) is 12.0 Å². The van der Waals surface area contributed by atoms with Crippen LogP contribution in [0.15, 0.2) is 36.7 Å². The fraction of sp³-hybridized carbons (Fsp3) is 0.0769. The molecule has 19 heavy (non-hydrogen) atoms. The van der Waals surface area contributed by atoms with E-state index in [1.54, 1.807) is 31.4 Å². The summed E-state index contributed by atoms with van der Waals surface area (Å²) < 4.78 is 5.03. The van der Waals surface area contributed by atoms with E-state index in [0.717, 1.165) is 4.90 Å². The largest absolute Gasteiger partial charge is 0.497 e. The van der Waals surface area contributed by atoms with E-state index in [0.29, 0.717) is 11.4 Å². The highest BCUT2D eigenvalue weighted by atomic mass is 16.5. The molecule has 1 aliphatic heterocycles. The molecule has 0 bridgehead atoms. The Morgan fingerprint density at radius 1 is 0.947 bits per heavy atom. The van der Waals surface area contributed by atoms with E-state index in [4.69, 9.17) is 4.74 Å². The van der Waals surface area contributed by atoms with Crippen molar-refractivity contribution in [1.29, 1.82) is 0 Å². The molecule has 1 aromatic carbocycles. The summed E-state index contributed by atoms with van der Waals surface area (Å²) >= 11 is 0. The minimum Gasteiger partial charge on any atom is -0.497 e. The van der Waals surface area contributed by atoms with Gasteiger partial charge in [-0.25, -0.2) is 14.9 Å². The highest BCUT2D eigenvalue weighted by Crippen LogP contribution is 2.27. The smallest absolute Gasteiger partial charge is 0.286 e. The van der Waals surface area contributed by atoms with Gasteiger partial charge in [0.2, 0.25) is 0 Å². The predicted molar refractivity (Wildman–Crippen MR) is 66.2 cm³/mol. The highest BCUT2D eigenvalue weighted by Gasteiger charge is 2.39. The quantitative estimate of drug-likeness (QED) is 0.756. The lowest BCUT2D eigenvalue weighted by Gasteiger charge is -2.13. The Morgan fingerprint density at radius 3 is 1.95 bits per heavy atom. The standard InChI is InChI=1S/C13H9N3O3/c1-19-9-4-2-8(3-5-9)16-12(17)10-11(13(16)18)15-7-6-14-10/h2-7H,1H3. The molecule has 0 fully saturated rings. The van der Waals surface area contributed by atoms with Crippen molar-refractivity contribution in [3.63, 3.8) is 0 Å². The summed E-state index contributed by atoms with van der Waals surface area (Å²) in [7, 11) is 1.55. The lowest BCUT2D eigenvalue weighted by molar-refractivity contribution is 0.0923. The van der Waals surface area contributed by atoms with Gasteiger partial charge in [0, 0.05) is 12.4 Å². The summed E-state index contributed by atoms with van der Waals surface area (Å²) in [5, 5.41) is 0. The van der Waals surface area contributed by atoms with E-state index in [2.05, 4.69) is 9.97 Å². The van der Waals surface area contributed by atoms with Gasteiger partial charge < -0.3 is 4.74 Å². The molecule has 2 aromatic rings. The Morgan fingerprint density at radius 2 is 1.47 bits per heavy atom. The SMILES string of the molecule is COc1ccc(N2C(=O)c3nccnc3C2=O)cc1. The zero-order chi connectivity index (χ0) is 13.4. The van der Waals surface area contributed by atoms with Crippen molar-refractivity contribution >= 4 is 17.5 Å². The van der Waals surface area contributed by atoms with Gasteiger partial charge in [-0.05, 0) is 24.3 Å². The Balaban J connectivity index is 2.03. The van der Waals surface area contributed by atoms with Gasteiger partial charge in [0.05, 0.1) is 12.8 Å². The molecule has 0 unspecified atom stereocenters. The Kier molecular flexibility index (Phi) is 2.49. The topological polar surface area (TPSA) is 72.4 Å². The fourth-order valence-electron chi connectivity index (χ4n) is 1.92. The molecule has 94 valence electrons. The minimum absolute atomic E-state index is 0.0864. The molecular formula is C13H9N3O3. The van der Waals surface area contributed by atoms with Crippen molar-refractivity contribution in [3.05, 3.63) is 48.0 Å². The molecule has 0 radical (unpaired) electrons. The molecule has 0 saturated heterocycles. The number of amides is 2. The zero-order valence-electron chi connectivity index (χ0n) is 10.0. The second-order valence-corrected chi connectivity index (χ2v) is 3.90. The summed E-state index contributed by atoms with van der Waals surface area (Å²) in [5.74, 6) is -0.270. The second-order valence-electron chi connectivity index (χ2n) is 3.90. The molecular weight excluding hydrogens is 246 g/mol. The molecule has 3 rings (SSSR count). The number of rotatable bonds is 2. The molecule has 0 saturated carbocycles. The number of imide groups is 1. The van der Waals surface area contributed by atoms with Crippen LogP contribution in [-0.4, -0.2) is 28.9 Å². The molecule has 6 nitrogen and oxygen atoms in total. The number of ether oxygens (including phenoxy) is 1. The third kappa shape index (κ3) is 1.65. The summed E-state index contributed by atoms with van der Waals surface area (Å²) in [6, 6.07) is 6.64. The average molecular weight is 255 g/mol. The minimum atomic E-state index is -0.460. The van der Waals surface area contributed by atoms with Crippen LogP contribution in [0.3, 0.4) is 0 Å². The maximum Gasteiger partial charge on any atom is 0.286 e. The van der Waals surface area contributed by atoms with Gasteiger partial charge >= 0.3 is 0 Å². The molecule has 2 heterocycles. The Bertz CT molecular complexity index is 632. The van der Waals surface area contributed by atoms with Crippen molar-refractivity contribution in [3.8, 4) is 5.75 Å². The number of hydrogen-bond donors (Lipinski definition) is 0. The van der Waals surface area contributed by atoms with Crippen LogP contribution in [0.2, 0.25) is 0 Å². The molecule has 0 spiro atoms. The van der Waals surface area contributed by atoms with Gasteiger partial charge in [0.1, 0.15) is 5.75 Å². The van der Waals surface area contributed by atoms with Crippen LogP contribution in [0, 0.1) is 0 Å². The van der Waals surface area contributed by atoms with Crippen LogP contribution in [-0.2, 0) is 0 Å². The molecule has 2 amide bonds. The normalized spacial score (nSPS) is 13.6. The number of anilines is 1. The third-order valence-electron chi connectivity index (χ3n) is 2.84. The lowest BCUT2D eigenvalue weighted by Crippen LogP contribution is -2.29. The second kappa shape index (κ2) is 4.16. The van der Waals surface area contributed by atoms with E-state index in [-0.39, 0.29) is 11.4 Å². The monoisotopic (exact) mass is 255 g/mol. The summed E-state index contributed by atoms with van der Waals surface area (Å²) in [6.45, 7) is 0. The van der Waals surface area contributed by atoms with Crippen molar-refractivity contribution in [2.45, 2.75) is 0 Å². The number of benzene rings is 1. The Hall–Kier alpha value is -2.76. The van der Waals surface area contributed by atoms with Crippen LogP contribution in [0.1, 0.15) is 21.0 Å². The van der Waals surface area contributed by atoms with Gasteiger partial charge in [-0.15, -0.1) is 0 Å². The van der Waals surface area contributed by atoms with Gasteiger partial charge in [-0.1, -0.05) is 0 Å². The zero-order valence-corrected chi connectivity index (χ0v) is 10.0. The Labute approximate surface area is 108 Å². The number of methoxy groups -OCH3 is 1. The number of aromatic nitrogens is 2. The first-order valence-corrected chi connectivity index (χ1v) is 5.56. The molecule has 1 aliphatic rings. The number of carbonyl (C=O) groups excluding carboxylic acids is 2. The summed E-state index contributed by atoms with van der Waals surface area (Å²) in [5.41, 5.74) is 0.641. The molecule has 6 heteroatoms. The first-order chi connectivity index (χ1) is 9.22. The molecule has 0 atom stereocenters. The highest BCUT2D eigenvalue weighted by molar-refractivity contribution is 6.33.